The summed E-state index contributed by atoms with van der Waals surface area (Å²) >= 11 is 0. The highest BCUT2D eigenvalue weighted by atomic mass is 32.2. The molecule has 0 fully saturated rings. The van der Waals surface area contributed by atoms with Gasteiger partial charge >= 0.3 is 0 Å². The first-order valence-electron chi connectivity index (χ1n) is 7.69. The van der Waals surface area contributed by atoms with Gasteiger partial charge in [0, 0.05) is 6.92 Å². The van der Waals surface area contributed by atoms with Crippen molar-refractivity contribution >= 4 is 59.0 Å². The Labute approximate surface area is 176 Å². The molecule has 0 radical (unpaired) electrons. The van der Waals surface area contributed by atoms with Crippen LogP contribution < -0.4 is 11.1 Å². The number of rotatable bonds is 6. The van der Waals surface area contributed by atoms with E-state index in [2.05, 4.69) is 15.5 Å². The number of carbonyl (C=O) groups excluding carboxylic acids is 1. The van der Waals surface area contributed by atoms with E-state index in [1.54, 1.807) is 0 Å². The Morgan fingerprint density at radius 1 is 0.839 bits per heavy atom. The molecule has 0 unspecified atom stereocenters. The van der Waals surface area contributed by atoms with Gasteiger partial charge in [0.25, 0.3) is 30.4 Å². The zero-order chi connectivity index (χ0) is 23.8. The minimum absolute atomic E-state index is 0.194. The number of carbonyl (C=O) groups is 1. The van der Waals surface area contributed by atoms with Crippen LogP contribution in [0.25, 0.3) is 0 Å². The predicted molar refractivity (Wildman–Crippen MR) is 105 cm³/mol. The number of anilines is 2. The fraction of sp³-hybridized carbons (Fsp3) is 0.0714. The van der Waals surface area contributed by atoms with Gasteiger partial charge in [-0.1, -0.05) is 0 Å². The highest BCUT2D eigenvalue weighted by Gasteiger charge is 2.21. The summed E-state index contributed by atoms with van der Waals surface area (Å²) in [6.07, 6.45) is 0. The molecule has 17 heteroatoms. The first kappa shape index (κ1) is 24.3. The maximum atomic E-state index is 11.5. The van der Waals surface area contributed by atoms with Gasteiger partial charge in [0.1, 0.15) is 21.2 Å². The summed E-state index contributed by atoms with van der Waals surface area (Å²) in [4.78, 5) is 8.89. The van der Waals surface area contributed by atoms with Crippen molar-refractivity contribution in [3.63, 3.8) is 0 Å². The second-order valence-corrected chi connectivity index (χ2v) is 10.0. The monoisotopic (exact) mass is 494 g/mol. The van der Waals surface area contributed by atoms with Gasteiger partial charge < -0.3 is 11.1 Å². The Balaban J connectivity index is 2.77. The van der Waals surface area contributed by atoms with Crippen molar-refractivity contribution in [3.8, 4) is 0 Å². The number of nitrogens with two attached hydrogens (primary N) is 1. The van der Waals surface area contributed by atoms with Crippen LogP contribution in [0, 0.1) is 0 Å². The number of hydrogen-bond acceptors (Lipinski definition) is 10. The molecule has 1 amide bonds. The number of nitrogens with one attached hydrogen (secondary N) is 1. The van der Waals surface area contributed by atoms with E-state index in [1.807, 2.05) is 0 Å². The van der Waals surface area contributed by atoms with Crippen molar-refractivity contribution < 1.29 is 43.7 Å². The third-order valence-electron chi connectivity index (χ3n) is 3.49. The van der Waals surface area contributed by atoms with Crippen LogP contribution in [-0.4, -0.2) is 44.8 Å². The maximum absolute atomic E-state index is 11.5. The third-order valence-corrected chi connectivity index (χ3v) is 6.15. The lowest BCUT2D eigenvalue weighted by Gasteiger charge is -2.10. The van der Waals surface area contributed by atoms with Crippen LogP contribution in [0.3, 0.4) is 0 Å². The molecule has 0 saturated heterocycles. The maximum Gasteiger partial charge on any atom is 0.296 e. The van der Waals surface area contributed by atoms with E-state index in [0.717, 1.165) is 13.0 Å². The molecule has 2 aromatic carbocycles. The molecule has 2 aromatic rings. The molecule has 31 heavy (non-hydrogen) atoms. The Kier molecular flexibility index (Phi) is 6.50. The molecule has 0 heterocycles. The standard InChI is InChI=1S/C14H14N4O10S3/c1-7(19)16-10-5-9(15)14(31(26,27)28)6-11(10)17-18-12-4-8(29(20,21)22)2-3-13(12)30(23,24)25/h2-6H,15H2,1H3,(H,16,19)(H,20,21,22)(H,23,24,25)(H,26,27,28)/b18-17+. The molecule has 2 rings (SSSR count). The summed E-state index contributed by atoms with van der Waals surface area (Å²) in [7, 11) is -14.5. The number of amides is 1. The Bertz CT molecular complexity index is 1410. The van der Waals surface area contributed by atoms with Crippen LogP contribution in [0.5, 0.6) is 0 Å². The van der Waals surface area contributed by atoms with Gasteiger partial charge in [0.05, 0.1) is 16.3 Å². The zero-order valence-corrected chi connectivity index (χ0v) is 17.7. The summed E-state index contributed by atoms with van der Waals surface area (Å²) < 4.78 is 96.3. The van der Waals surface area contributed by atoms with E-state index in [-0.39, 0.29) is 5.69 Å². The van der Waals surface area contributed by atoms with E-state index >= 15 is 0 Å². The Morgan fingerprint density at radius 2 is 1.39 bits per heavy atom. The van der Waals surface area contributed by atoms with Gasteiger partial charge in [0.15, 0.2) is 0 Å². The molecule has 0 atom stereocenters. The quantitative estimate of drug-likeness (QED) is 0.218. The lowest BCUT2D eigenvalue weighted by Crippen LogP contribution is -2.09. The van der Waals surface area contributed by atoms with Crippen molar-refractivity contribution in [3.05, 3.63) is 30.3 Å². The highest BCUT2D eigenvalue weighted by Crippen LogP contribution is 2.35. The van der Waals surface area contributed by atoms with Crippen LogP contribution in [0.2, 0.25) is 0 Å². The van der Waals surface area contributed by atoms with E-state index in [1.165, 1.54) is 0 Å². The first-order valence-corrected chi connectivity index (χ1v) is 12.0. The number of hydrogen-bond donors (Lipinski definition) is 5. The molecule has 0 aliphatic carbocycles. The van der Waals surface area contributed by atoms with Crippen molar-refractivity contribution in [2.24, 2.45) is 10.2 Å². The zero-order valence-electron chi connectivity index (χ0n) is 15.3. The van der Waals surface area contributed by atoms with E-state index < -0.39 is 68.0 Å². The summed E-state index contributed by atoms with van der Waals surface area (Å²) in [6, 6.07) is 3.52. The average Bonchev–Trinajstić information content (AvgIpc) is 2.57. The second-order valence-electron chi connectivity index (χ2n) is 5.84. The van der Waals surface area contributed by atoms with Crippen molar-refractivity contribution in [1.82, 2.24) is 0 Å². The SMILES string of the molecule is CC(=O)Nc1cc(N)c(S(=O)(=O)O)cc1/N=N/c1cc(S(=O)(=O)O)ccc1S(=O)(=O)O. The van der Waals surface area contributed by atoms with Gasteiger partial charge in [-0.25, -0.2) is 0 Å². The lowest BCUT2D eigenvalue weighted by molar-refractivity contribution is -0.114. The molecule has 168 valence electrons. The van der Waals surface area contributed by atoms with E-state index in [0.29, 0.717) is 24.3 Å². The van der Waals surface area contributed by atoms with Crippen LogP contribution >= 0.6 is 0 Å². The topological polar surface area (TPSA) is 243 Å². The smallest absolute Gasteiger partial charge is 0.296 e. The minimum atomic E-state index is -4.92. The van der Waals surface area contributed by atoms with Gasteiger partial charge in [-0.15, -0.1) is 10.2 Å². The molecular formula is C14H14N4O10S3. The average molecular weight is 494 g/mol. The second kappa shape index (κ2) is 8.29. The van der Waals surface area contributed by atoms with Crippen molar-refractivity contribution in [2.45, 2.75) is 21.6 Å². The van der Waals surface area contributed by atoms with Gasteiger partial charge in [0.2, 0.25) is 5.91 Å². The molecule has 0 saturated carbocycles. The van der Waals surface area contributed by atoms with Gasteiger partial charge in [-0.2, -0.15) is 25.3 Å². The first-order chi connectivity index (χ1) is 14.0. The molecule has 6 N–H and O–H groups in total. The highest BCUT2D eigenvalue weighted by molar-refractivity contribution is 7.86. The largest absolute Gasteiger partial charge is 0.398 e. The predicted octanol–water partition coefficient (Wildman–Crippen LogP) is 1.38. The summed E-state index contributed by atoms with van der Waals surface area (Å²) in [5.74, 6) is -0.637. The fourth-order valence-electron chi connectivity index (χ4n) is 2.24. The van der Waals surface area contributed by atoms with Gasteiger partial charge in [-0.3, -0.25) is 18.5 Å². The molecule has 14 nitrogen and oxygen atoms in total. The normalized spacial score (nSPS) is 12.8. The molecular weight excluding hydrogens is 480 g/mol. The number of nitrogen functional groups attached to an aromatic ring is 1. The molecule has 0 aliphatic heterocycles. The molecule has 0 aromatic heterocycles. The minimum Gasteiger partial charge on any atom is -0.398 e. The molecule has 0 aliphatic rings. The number of nitrogens with zero attached hydrogens (tertiary/aromatic N) is 2. The lowest BCUT2D eigenvalue weighted by atomic mass is 10.2. The summed E-state index contributed by atoms with van der Waals surface area (Å²) in [6.45, 7) is 1.10. The van der Waals surface area contributed by atoms with Crippen LogP contribution in [0.4, 0.5) is 22.7 Å². The van der Waals surface area contributed by atoms with Crippen LogP contribution in [0.15, 0.2) is 55.2 Å². The Morgan fingerprint density at radius 3 is 1.87 bits per heavy atom. The van der Waals surface area contributed by atoms with E-state index in [4.69, 9.17) is 10.3 Å². The van der Waals surface area contributed by atoms with E-state index in [9.17, 15) is 39.2 Å². The fourth-order valence-corrected chi connectivity index (χ4v) is 3.97. The number of azo groups is 1. The molecule has 0 bridgehead atoms. The van der Waals surface area contributed by atoms with Crippen molar-refractivity contribution in [2.75, 3.05) is 11.1 Å². The summed E-state index contributed by atoms with van der Waals surface area (Å²) in [5, 5.41) is 9.31. The number of benzene rings is 2. The van der Waals surface area contributed by atoms with Crippen LogP contribution in [-0.2, 0) is 35.1 Å². The Hall–Kier alpha value is -2.96. The van der Waals surface area contributed by atoms with Crippen LogP contribution in [0.1, 0.15) is 6.92 Å². The summed E-state index contributed by atoms with van der Waals surface area (Å²) in [5.41, 5.74) is 3.70. The molecule has 0 spiro atoms. The third kappa shape index (κ3) is 6.03. The van der Waals surface area contributed by atoms with Gasteiger partial charge in [-0.05, 0) is 30.3 Å². The van der Waals surface area contributed by atoms with Crippen molar-refractivity contribution in [1.29, 1.82) is 0 Å².